The highest BCUT2D eigenvalue weighted by atomic mass is 35.5. The van der Waals surface area contributed by atoms with Gasteiger partial charge in [0.2, 0.25) is 5.91 Å². The van der Waals surface area contributed by atoms with Gasteiger partial charge in [0, 0.05) is 19.2 Å². The van der Waals surface area contributed by atoms with Gasteiger partial charge in [-0.1, -0.05) is 60.1 Å². The predicted octanol–water partition coefficient (Wildman–Crippen LogP) is 4.66. The van der Waals surface area contributed by atoms with Gasteiger partial charge < -0.3 is 15.4 Å². The molecule has 3 aromatic rings. The predicted molar refractivity (Wildman–Crippen MR) is 115 cm³/mol. The number of carbonyl (C=O) groups excluding carboxylic acids is 2. The van der Waals surface area contributed by atoms with E-state index < -0.39 is 0 Å². The molecule has 6 heteroatoms. The van der Waals surface area contributed by atoms with Gasteiger partial charge >= 0.3 is 0 Å². The summed E-state index contributed by atoms with van der Waals surface area (Å²) in [6, 6.07) is 22.6. The lowest BCUT2D eigenvalue weighted by atomic mass is 10.1. The molecule has 148 valence electrons. The molecule has 0 radical (unpaired) electrons. The maximum Gasteiger partial charge on any atom is 0.258 e. The second kappa shape index (κ2) is 9.75. The van der Waals surface area contributed by atoms with Gasteiger partial charge in [-0.15, -0.1) is 0 Å². The zero-order valence-corrected chi connectivity index (χ0v) is 16.7. The number of ether oxygens (including phenoxy) is 1. The summed E-state index contributed by atoms with van der Waals surface area (Å²) in [5, 5.41) is 5.94. The van der Waals surface area contributed by atoms with Crippen LogP contribution in [0.2, 0.25) is 5.02 Å². The first-order valence-corrected chi connectivity index (χ1v) is 9.50. The summed E-state index contributed by atoms with van der Waals surface area (Å²) in [5.74, 6) is 0.0435. The summed E-state index contributed by atoms with van der Waals surface area (Å²) in [5.41, 5.74) is 3.59. The van der Waals surface area contributed by atoms with Crippen molar-refractivity contribution < 1.29 is 14.3 Å². The molecule has 29 heavy (non-hydrogen) atoms. The molecule has 0 fully saturated rings. The van der Waals surface area contributed by atoms with Crippen molar-refractivity contribution in [2.75, 3.05) is 11.9 Å². The maximum atomic E-state index is 12.1. The number of anilines is 1. The smallest absolute Gasteiger partial charge is 0.258 e. The molecule has 0 aliphatic rings. The van der Waals surface area contributed by atoms with Crippen LogP contribution in [0.15, 0.2) is 72.8 Å². The van der Waals surface area contributed by atoms with E-state index in [1.807, 2.05) is 60.7 Å². The van der Waals surface area contributed by atoms with E-state index in [1.165, 1.54) is 6.92 Å². The van der Waals surface area contributed by atoms with Crippen molar-refractivity contribution in [2.45, 2.75) is 13.5 Å². The lowest BCUT2D eigenvalue weighted by molar-refractivity contribution is -0.123. The van der Waals surface area contributed by atoms with E-state index in [0.29, 0.717) is 23.0 Å². The second-order valence-electron chi connectivity index (χ2n) is 6.46. The summed E-state index contributed by atoms with van der Waals surface area (Å²) in [4.78, 5) is 23.2. The Morgan fingerprint density at radius 3 is 2.45 bits per heavy atom. The van der Waals surface area contributed by atoms with E-state index in [2.05, 4.69) is 10.6 Å². The van der Waals surface area contributed by atoms with Crippen molar-refractivity contribution in [3.8, 4) is 16.9 Å². The molecule has 0 aliphatic carbocycles. The van der Waals surface area contributed by atoms with Crippen LogP contribution in [0.3, 0.4) is 0 Å². The Morgan fingerprint density at radius 1 is 0.931 bits per heavy atom. The molecule has 0 atom stereocenters. The zero-order valence-electron chi connectivity index (χ0n) is 15.9. The van der Waals surface area contributed by atoms with E-state index >= 15 is 0 Å². The van der Waals surface area contributed by atoms with E-state index in [-0.39, 0.29) is 18.4 Å². The first kappa shape index (κ1) is 20.4. The van der Waals surface area contributed by atoms with Crippen LogP contribution in [0.1, 0.15) is 12.5 Å². The first-order chi connectivity index (χ1) is 14.0. The highest BCUT2D eigenvalue weighted by molar-refractivity contribution is 6.32. The third-order valence-electron chi connectivity index (χ3n) is 4.13. The summed E-state index contributed by atoms with van der Waals surface area (Å²) in [6.45, 7) is 1.63. The Morgan fingerprint density at radius 2 is 1.72 bits per heavy atom. The molecule has 0 spiro atoms. The minimum atomic E-state index is -0.266. The first-order valence-electron chi connectivity index (χ1n) is 9.12. The lowest BCUT2D eigenvalue weighted by Crippen LogP contribution is -2.28. The van der Waals surface area contributed by atoms with Crippen LogP contribution in [-0.2, 0) is 16.1 Å². The molecule has 3 rings (SSSR count). The second-order valence-corrected chi connectivity index (χ2v) is 6.87. The summed E-state index contributed by atoms with van der Waals surface area (Å²) in [7, 11) is 0. The van der Waals surface area contributed by atoms with Gasteiger partial charge in [-0.2, -0.15) is 0 Å². The number of hydrogen-bond acceptors (Lipinski definition) is 3. The standard InChI is InChI=1S/C23H21ClN2O3/c1-16(27)26-20-9-5-6-17(12-20)14-25-23(28)15-29-22-11-10-19(13-21(22)24)18-7-3-2-4-8-18/h2-13H,14-15H2,1H3,(H,25,28)(H,26,27). The van der Waals surface area contributed by atoms with Crippen LogP contribution in [-0.4, -0.2) is 18.4 Å². The van der Waals surface area contributed by atoms with Crippen LogP contribution in [0.4, 0.5) is 5.69 Å². The minimum Gasteiger partial charge on any atom is -0.482 e. The normalized spacial score (nSPS) is 10.3. The van der Waals surface area contributed by atoms with Crippen LogP contribution in [0.25, 0.3) is 11.1 Å². The van der Waals surface area contributed by atoms with E-state index in [9.17, 15) is 9.59 Å². The summed E-state index contributed by atoms with van der Waals surface area (Å²) < 4.78 is 5.55. The van der Waals surface area contributed by atoms with Crippen molar-refractivity contribution in [3.63, 3.8) is 0 Å². The molecular formula is C23H21ClN2O3. The zero-order chi connectivity index (χ0) is 20.6. The number of carbonyl (C=O) groups is 2. The highest BCUT2D eigenvalue weighted by Crippen LogP contribution is 2.30. The van der Waals surface area contributed by atoms with Gasteiger partial charge in [0.05, 0.1) is 5.02 Å². The fourth-order valence-electron chi connectivity index (χ4n) is 2.79. The fourth-order valence-corrected chi connectivity index (χ4v) is 3.02. The van der Waals surface area contributed by atoms with Crippen molar-refractivity contribution in [2.24, 2.45) is 0 Å². The molecule has 0 heterocycles. The van der Waals surface area contributed by atoms with Gasteiger partial charge in [0.1, 0.15) is 5.75 Å². The molecule has 0 unspecified atom stereocenters. The van der Waals surface area contributed by atoms with Gasteiger partial charge in [0.15, 0.2) is 6.61 Å². The third kappa shape index (κ3) is 6.09. The van der Waals surface area contributed by atoms with Crippen molar-refractivity contribution >= 4 is 29.1 Å². The third-order valence-corrected chi connectivity index (χ3v) is 4.43. The van der Waals surface area contributed by atoms with E-state index in [4.69, 9.17) is 16.3 Å². The number of amides is 2. The van der Waals surface area contributed by atoms with Crippen molar-refractivity contribution in [3.05, 3.63) is 83.4 Å². The van der Waals surface area contributed by atoms with Gasteiger partial charge in [-0.05, 0) is 41.0 Å². The molecule has 3 aromatic carbocycles. The van der Waals surface area contributed by atoms with Crippen molar-refractivity contribution in [1.29, 1.82) is 0 Å². The number of nitrogens with one attached hydrogen (secondary N) is 2. The molecular weight excluding hydrogens is 388 g/mol. The SMILES string of the molecule is CC(=O)Nc1cccc(CNC(=O)COc2ccc(-c3ccccc3)cc2Cl)c1. The molecule has 2 N–H and O–H groups in total. The van der Waals surface area contributed by atoms with Crippen LogP contribution in [0.5, 0.6) is 5.75 Å². The number of halogens is 1. The average Bonchev–Trinajstić information content (AvgIpc) is 2.72. The molecule has 0 aromatic heterocycles. The monoisotopic (exact) mass is 408 g/mol. The number of rotatable bonds is 7. The summed E-state index contributed by atoms with van der Waals surface area (Å²) >= 11 is 6.30. The number of hydrogen-bond donors (Lipinski definition) is 2. The highest BCUT2D eigenvalue weighted by Gasteiger charge is 2.08. The maximum absolute atomic E-state index is 12.1. The molecule has 0 aliphatic heterocycles. The van der Waals surface area contributed by atoms with Crippen molar-refractivity contribution in [1.82, 2.24) is 5.32 Å². The van der Waals surface area contributed by atoms with Gasteiger partial charge in [0.25, 0.3) is 5.91 Å². The molecule has 0 saturated carbocycles. The molecule has 5 nitrogen and oxygen atoms in total. The Balaban J connectivity index is 1.52. The summed E-state index contributed by atoms with van der Waals surface area (Å²) in [6.07, 6.45) is 0. The molecule has 2 amide bonds. The Bertz CT molecular complexity index is 1010. The van der Waals surface area contributed by atoms with Gasteiger partial charge in [-0.3, -0.25) is 9.59 Å². The Hall–Kier alpha value is -3.31. The minimum absolute atomic E-state index is 0.143. The Labute approximate surface area is 174 Å². The largest absolute Gasteiger partial charge is 0.482 e. The lowest BCUT2D eigenvalue weighted by Gasteiger charge is -2.11. The van der Waals surface area contributed by atoms with Crippen LogP contribution >= 0.6 is 11.6 Å². The Kier molecular flexibility index (Phi) is 6.87. The van der Waals surface area contributed by atoms with E-state index in [1.54, 1.807) is 12.1 Å². The fraction of sp³-hybridized carbons (Fsp3) is 0.130. The molecule has 0 saturated heterocycles. The molecule has 0 bridgehead atoms. The quantitative estimate of drug-likeness (QED) is 0.597. The van der Waals surface area contributed by atoms with Gasteiger partial charge in [-0.25, -0.2) is 0 Å². The average molecular weight is 409 g/mol. The van der Waals surface area contributed by atoms with Crippen LogP contribution < -0.4 is 15.4 Å². The van der Waals surface area contributed by atoms with E-state index in [0.717, 1.165) is 16.7 Å². The van der Waals surface area contributed by atoms with Crippen LogP contribution in [0, 0.1) is 0 Å². The number of benzene rings is 3. The topological polar surface area (TPSA) is 67.4 Å².